The van der Waals surface area contributed by atoms with E-state index in [1.54, 1.807) is 63.3 Å². The molecule has 0 aliphatic carbocycles. The van der Waals surface area contributed by atoms with Crippen molar-refractivity contribution in [2.75, 3.05) is 33.3 Å². The number of methoxy groups -OCH3 is 1. The summed E-state index contributed by atoms with van der Waals surface area (Å²) in [7, 11) is -1.94. The van der Waals surface area contributed by atoms with E-state index >= 15 is 0 Å². The number of ether oxygens (including phenoxy) is 7. The van der Waals surface area contributed by atoms with Gasteiger partial charge >= 0.3 is 11.9 Å². The van der Waals surface area contributed by atoms with Gasteiger partial charge in [-0.05, 0) is 57.0 Å². The first kappa shape index (κ1) is 36.1. The molecule has 1 saturated heterocycles. The lowest BCUT2D eigenvalue weighted by molar-refractivity contribution is -0.152. The van der Waals surface area contributed by atoms with E-state index in [2.05, 4.69) is 4.72 Å². The Labute approximate surface area is 276 Å². The molecule has 0 bridgehead atoms. The van der Waals surface area contributed by atoms with E-state index in [4.69, 9.17) is 33.2 Å². The fraction of sp³-hybridized carbons (Fsp3) is 0.471. The maximum absolute atomic E-state index is 13.7. The molecule has 0 radical (unpaired) electrons. The predicted octanol–water partition coefficient (Wildman–Crippen LogP) is 4.50. The van der Waals surface area contributed by atoms with Crippen molar-refractivity contribution < 1.29 is 51.2 Å². The first-order chi connectivity index (χ1) is 22.3. The van der Waals surface area contributed by atoms with E-state index in [0.29, 0.717) is 23.3 Å². The van der Waals surface area contributed by atoms with Crippen LogP contribution in [-0.4, -0.2) is 83.9 Å². The number of nitrogens with one attached hydrogen (secondary N) is 1. The Morgan fingerprint density at radius 1 is 1.06 bits per heavy atom. The minimum absolute atomic E-state index is 0.0255. The number of sulfonamides is 1. The second kappa shape index (κ2) is 15.9. The van der Waals surface area contributed by atoms with E-state index < -0.39 is 52.2 Å². The largest absolute Gasteiger partial charge is 0.492 e. The van der Waals surface area contributed by atoms with Gasteiger partial charge in [-0.3, -0.25) is 0 Å². The van der Waals surface area contributed by atoms with Crippen molar-refractivity contribution >= 4 is 28.0 Å². The lowest BCUT2D eigenvalue weighted by Gasteiger charge is -2.25. The molecule has 0 amide bonds. The van der Waals surface area contributed by atoms with Gasteiger partial charge in [0.25, 0.3) is 0 Å². The summed E-state index contributed by atoms with van der Waals surface area (Å²) in [5.74, 6) is -1.88. The molecule has 256 valence electrons. The number of rotatable bonds is 10. The monoisotopic (exact) mass is 673 g/mol. The maximum atomic E-state index is 13.7. The highest BCUT2D eigenvalue weighted by atomic mass is 32.2. The predicted molar refractivity (Wildman–Crippen MR) is 174 cm³/mol. The van der Waals surface area contributed by atoms with Gasteiger partial charge in [-0.15, -0.1) is 0 Å². The third-order valence-corrected chi connectivity index (χ3v) is 8.21. The van der Waals surface area contributed by atoms with Gasteiger partial charge in [0.05, 0.1) is 17.9 Å². The molecule has 0 aromatic heterocycles. The van der Waals surface area contributed by atoms with Crippen LogP contribution in [0.1, 0.15) is 60.4 Å². The number of hydrogen-bond donors (Lipinski definition) is 1. The minimum Gasteiger partial charge on any atom is -0.492 e. The molecule has 12 nitrogen and oxygen atoms in total. The molecule has 13 heteroatoms. The highest BCUT2D eigenvalue weighted by molar-refractivity contribution is 7.88. The number of fused-ring (bicyclic) bond motifs is 2. The molecular weight excluding hydrogens is 630 g/mol. The van der Waals surface area contributed by atoms with Crippen LogP contribution >= 0.6 is 0 Å². The summed E-state index contributed by atoms with van der Waals surface area (Å²) < 4.78 is 66.5. The molecule has 3 unspecified atom stereocenters. The van der Waals surface area contributed by atoms with Crippen LogP contribution in [0.5, 0.6) is 11.5 Å². The second-order valence-electron chi connectivity index (χ2n) is 11.8. The fourth-order valence-corrected chi connectivity index (χ4v) is 5.54. The van der Waals surface area contributed by atoms with Crippen LogP contribution in [-0.2, 0) is 33.7 Å². The molecule has 2 heterocycles. The third-order valence-electron chi connectivity index (χ3n) is 7.48. The third kappa shape index (κ3) is 10.4. The van der Waals surface area contributed by atoms with Gasteiger partial charge in [0.15, 0.2) is 12.6 Å². The maximum Gasteiger partial charge on any atom is 0.342 e. The molecule has 47 heavy (non-hydrogen) atoms. The number of hydrogen-bond acceptors (Lipinski definition) is 11. The lowest BCUT2D eigenvalue weighted by atomic mass is 9.98. The van der Waals surface area contributed by atoms with Crippen LogP contribution in [0.15, 0.2) is 60.7 Å². The lowest BCUT2D eigenvalue weighted by Crippen LogP contribution is -2.37. The van der Waals surface area contributed by atoms with Crippen LogP contribution in [0, 0.1) is 5.92 Å². The highest BCUT2D eigenvalue weighted by Gasteiger charge is 2.45. The Hall–Kier alpha value is -3.75. The van der Waals surface area contributed by atoms with E-state index in [1.165, 1.54) is 13.2 Å². The zero-order valence-electron chi connectivity index (χ0n) is 27.5. The average Bonchev–Trinajstić information content (AvgIpc) is 3.33. The summed E-state index contributed by atoms with van der Waals surface area (Å²) in [5, 5.41) is 0. The molecule has 2 aliphatic heterocycles. The molecule has 2 aromatic carbocycles. The molecular formula is C34H43NO11S. The molecule has 5 atom stereocenters. The summed E-state index contributed by atoms with van der Waals surface area (Å²) in [5.41, 5.74) is 0.998. The van der Waals surface area contributed by atoms with Crippen LogP contribution in [0.4, 0.5) is 0 Å². The molecule has 1 fully saturated rings. The molecule has 4 rings (SSSR count). The van der Waals surface area contributed by atoms with Crippen molar-refractivity contribution in [3.05, 3.63) is 77.4 Å². The minimum atomic E-state index is -3.40. The van der Waals surface area contributed by atoms with E-state index in [9.17, 15) is 18.0 Å². The summed E-state index contributed by atoms with van der Waals surface area (Å²) >= 11 is 0. The first-order valence-electron chi connectivity index (χ1n) is 15.3. The van der Waals surface area contributed by atoms with Gasteiger partial charge in [-0.25, -0.2) is 22.7 Å². The molecule has 2 aliphatic rings. The van der Waals surface area contributed by atoms with Crippen LogP contribution in [0.3, 0.4) is 0 Å². The van der Waals surface area contributed by atoms with E-state index in [1.807, 2.05) is 25.1 Å². The average molecular weight is 674 g/mol. The van der Waals surface area contributed by atoms with Gasteiger partial charge in [0.1, 0.15) is 42.0 Å². The Morgan fingerprint density at radius 3 is 2.51 bits per heavy atom. The topological polar surface area (TPSA) is 145 Å². The van der Waals surface area contributed by atoms with Gasteiger partial charge < -0.3 is 33.2 Å². The van der Waals surface area contributed by atoms with Crippen molar-refractivity contribution in [1.29, 1.82) is 0 Å². The van der Waals surface area contributed by atoms with Crippen molar-refractivity contribution in [3.8, 4) is 11.5 Å². The summed E-state index contributed by atoms with van der Waals surface area (Å²) in [4.78, 5) is 26.8. The van der Waals surface area contributed by atoms with Crippen LogP contribution in [0.25, 0.3) is 6.08 Å². The van der Waals surface area contributed by atoms with E-state index in [-0.39, 0.29) is 37.2 Å². The van der Waals surface area contributed by atoms with Crippen molar-refractivity contribution in [1.82, 2.24) is 4.72 Å². The molecule has 2 aromatic rings. The zero-order chi connectivity index (χ0) is 34.2. The summed E-state index contributed by atoms with van der Waals surface area (Å²) in [6.45, 7) is 7.16. The van der Waals surface area contributed by atoms with Crippen molar-refractivity contribution in [2.45, 2.75) is 64.3 Å². The number of benzene rings is 2. The SMILES string of the molecule is COCOc1cc(OCCNS(C)(=O)=O)cc2c1C(=O)O[C@@H](C)[C@H](C)/C=C\C(OC(=O)c1ccccc1)C1OC(C)(C)OC1C/C=C/2. The zero-order valence-corrected chi connectivity index (χ0v) is 28.3. The van der Waals surface area contributed by atoms with E-state index in [0.717, 1.165) is 6.26 Å². The number of carbonyl (C=O) groups is 2. The number of cyclic esters (lactones) is 1. The standard InChI is InChI=1S/C34H43NO11S/c1-22-15-16-27(44-32(36)24-11-8-7-9-12-24)31-28(45-34(3,4)46-31)14-10-13-25-19-26(41-18-17-35-47(6,38)39)20-29(42-21-40-5)30(25)33(37)43-23(22)2/h7-13,15-16,19-20,22-23,27-28,31,35H,14,17-18,21H2,1-6H3/b13-10+,16-15-/t22-,23+,27?,28?,31?/m1/s1. The second-order valence-corrected chi connectivity index (χ2v) is 13.7. The van der Waals surface area contributed by atoms with Crippen LogP contribution < -0.4 is 14.2 Å². The smallest absolute Gasteiger partial charge is 0.342 e. The Bertz CT molecular complexity index is 1560. The normalized spacial score (nSPS) is 25.7. The van der Waals surface area contributed by atoms with Crippen LogP contribution in [0.2, 0.25) is 0 Å². The quantitative estimate of drug-likeness (QED) is 0.165. The van der Waals surface area contributed by atoms with Gasteiger partial charge in [0.2, 0.25) is 10.0 Å². The molecule has 0 saturated carbocycles. The van der Waals surface area contributed by atoms with Gasteiger partial charge in [0, 0.05) is 25.6 Å². The Balaban J connectivity index is 1.71. The Morgan fingerprint density at radius 2 is 1.81 bits per heavy atom. The first-order valence-corrected chi connectivity index (χ1v) is 17.2. The molecule has 1 N–H and O–H groups in total. The van der Waals surface area contributed by atoms with Crippen molar-refractivity contribution in [3.63, 3.8) is 0 Å². The fourth-order valence-electron chi connectivity index (χ4n) is 5.09. The summed E-state index contributed by atoms with van der Waals surface area (Å²) in [6, 6.07) is 11.9. The number of carbonyl (C=O) groups excluding carboxylic acids is 2. The Kier molecular flexibility index (Phi) is 12.2. The van der Waals surface area contributed by atoms with Crippen molar-refractivity contribution in [2.24, 2.45) is 5.92 Å². The molecule has 0 spiro atoms. The summed E-state index contributed by atoms with van der Waals surface area (Å²) in [6.07, 6.45) is 5.97. The number of esters is 2. The highest BCUT2D eigenvalue weighted by Crippen LogP contribution is 2.36. The van der Waals surface area contributed by atoms with Gasteiger partial charge in [-0.2, -0.15) is 0 Å². The van der Waals surface area contributed by atoms with Gasteiger partial charge in [-0.1, -0.05) is 43.4 Å².